The van der Waals surface area contributed by atoms with Crippen molar-refractivity contribution in [1.29, 1.82) is 0 Å². The van der Waals surface area contributed by atoms with Crippen LogP contribution in [-0.2, 0) is 4.79 Å². The van der Waals surface area contributed by atoms with Crippen molar-refractivity contribution in [3.63, 3.8) is 0 Å². The van der Waals surface area contributed by atoms with Crippen LogP contribution in [0.4, 0.5) is 5.69 Å². The van der Waals surface area contributed by atoms with Crippen molar-refractivity contribution in [1.82, 2.24) is 10.6 Å². The second-order valence-electron chi connectivity index (χ2n) is 10.5. The molecule has 0 bridgehead atoms. The predicted octanol–water partition coefficient (Wildman–Crippen LogP) is 7.83. The molecule has 5 heteroatoms. The monoisotopic (exact) mass is 503 g/mol. The molecular formula is C30H53N3OS. The summed E-state index contributed by atoms with van der Waals surface area (Å²) in [6.07, 6.45) is 22.0. The summed E-state index contributed by atoms with van der Waals surface area (Å²) in [5.74, 6) is 0.996. The molecule has 200 valence electrons. The van der Waals surface area contributed by atoms with Gasteiger partial charge in [0.1, 0.15) is 0 Å². The zero-order chi connectivity index (χ0) is 25.1. The average Bonchev–Trinajstić information content (AvgIpc) is 3.36. The van der Waals surface area contributed by atoms with Gasteiger partial charge in [0.05, 0.1) is 11.4 Å². The van der Waals surface area contributed by atoms with Crippen LogP contribution in [0, 0.1) is 0 Å². The molecule has 1 aromatic carbocycles. The summed E-state index contributed by atoms with van der Waals surface area (Å²) in [5.41, 5.74) is 2.44. The maximum atomic E-state index is 12.5. The van der Waals surface area contributed by atoms with E-state index in [9.17, 15) is 4.79 Å². The summed E-state index contributed by atoms with van der Waals surface area (Å²) < 4.78 is 0. The van der Waals surface area contributed by atoms with E-state index in [0.29, 0.717) is 0 Å². The van der Waals surface area contributed by atoms with Crippen molar-refractivity contribution >= 4 is 23.4 Å². The molecule has 1 aromatic rings. The van der Waals surface area contributed by atoms with Crippen LogP contribution >= 0.6 is 11.8 Å². The zero-order valence-electron chi connectivity index (χ0n) is 23.0. The molecule has 0 aliphatic carbocycles. The number of hydrogen-bond donors (Lipinski definition) is 2. The number of anilines is 1. The Morgan fingerprint density at radius 3 is 1.80 bits per heavy atom. The van der Waals surface area contributed by atoms with Crippen molar-refractivity contribution in [2.45, 2.75) is 121 Å². The Hall–Kier alpha value is -1.20. The molecule has 0 radical (unpaired) electrons. The fourth-order valence-corrected chi connectivity index (χ4v) is 6.01. The first-order valence-corrected chi connectivity index (χ1v) is 15.6. The molecule has 2 N–H and O–H groups in total. The maximum Gasteiger partial charge on any atom is 0.238 e. The molecule has 2 rings (SSSR count). The third-order valence-electron chi connectivity index (χ3n) is 7.14. The largest absolute Gasteiger partial charge is 0.378 e. The lowest BCUT2D eigenvalue weighted by molar-refractivity contribution is -0.122. The third-order valence-corrected chi connectivity index (χ3v) is 8.41. The highest BCUT2D eigenvalue weighted by Gasteiger charge is 2.30. The van der Waals surface area contributed by atoms with Gasteiger partial charge in [0.15, 0.2) is 0 Å². The Kier molecular flexibility index (Phi) is 16.3. The molecule has 0 spiro atoms. The lowest BCUT2D eigenvalue weighted by atomic mass is 10.0. The molecule has 0 aromatic heterocycles. The van der Waals surface area contributed by atoms with Crippen LogP contribution in [0.5, 0.6) is 0 Å². The molecule has 35 heavy (non-hydrogen) atoms. The highest BCUT2D eigenvalue weighted by Crippen LogP contribution is 2.33. The van der Waals surface area contributed by atoms with Gasteiger partial charge in [0.25, 0.3) is 0 Å². The van der Waals surface area contributed by atoms with E-state index < -0.39 is 0 Å². The highest BCUT2D eigenvalue weighted by molar-refractivity contribution is 7.99. The number of amides is 1. The second kappa shape index (κ2) is 19.0. The first kappa shape index (κ1) is 30.0. The number of carbonyl (C=O) groups excluding carboxylic acids is 1. The van der Waals surface area contributed by atoms with E-state index >= 15 is 0 Å². The lowest BCUT2D eigenvalue weighted by Gasteiger charge is -2.16. The number of hydrogen-bond acceptors (Lipinski definition) is 4. The molecule has 1 aliphatic heterocycles. The number of carbonyl (C=O) groups is 1. The minimum absolute atomic E-state index is 0.0837. The summed E-state index contributed by atoms with van der Waals surface area (Å²) in [4.78, 5) is 14.6. The minimum Gasteiger partial charge on any atom is -0.378 e. The molecule has 1 fully saturated rings. The molecule has 1 heterocycles. The maximum absolute atomic E-state index is 12.5. The number of nitrogens with zero attached hydrogens (tertiary/aromatic N) is 1. The van der Waals surface area contributed by atoms with Gasteiger partial charge in [0.2, 0.25) is 5.91 Å². The van der Waals surface area contributed by atoms with E-state index in [2.05, 4.69) is 60.8 Å². The van der Waals surface area contributed by atoms with Gasteiger partial charge in [-0.05, 0) is 24.1 Å². The Labute approximate surface area is 220 Å². The van der Waals surface area contributed by atoms with Gasteiger partial charge in [-0.2, -0.15) is 0 Å². The van der Waals surface area contributed by atoms with E-state index in [1.807, 2.05) is 11.8 Å². The van der Waals surface area contributed by atoms with Gasteiger partial charge in [0, 0.05) is 32.1 Å². The third kappa shape index (κ3) is 13.1. The molecule has 1 unspecified atom stereocenters. The molecule has 1 amide bonds. The van der Waals surface area contributed by atoms with E-state index in [1.54, 1.807) is 0 Å². The van der Waals surface area contributed by atoms with E-state index in [1.165, 1.54) is 108 Å². The van der Waals surface area contributed by atoms with Crippen molar-refractivity contribution < 1.29 is 4.79 Å². The molecule has 1 saturated heterocycles. The van der Waals surface area contributed by atoms with Gasteiger partial charge in [-0.15, -0.1) is 11.8 Å². The number of unbranched alkanes of at least 4 members (excludes halogenated alkanes) is 15. The van der Waals surface area contributed by atoms with Gasteiger partial charge in [-0.3, -0.25) is 10.1 Å². The molecule has 0 saturated carbocycles. The minimum atomic E-state index is -0.0837. The number of rotatable bonds is 20. The first-order chi connectivity index (χ1) is 17.1. The van der Waals surface area contributed by atoms with Crippen LogP contribution < -0.4 is 15.5 Å². The van der Waals surface area contributed by atoms with Crippen LogP contribution in [0.15, 0.2) is 24.3 Å². The summed E-state index contributed by atoms with van der Waals surface area (Å²) in [5, 5.41) is 6.85. The van der Waals surface area contributed by atoms with Crippen molar-refractivity contribution in [3.05, 3.63) is 29.8 Å². The zero-order valence-corrected chi connectivity index (χ0v) is 23.8. The number of nitrogens with one attached hydrogen (secondary N) is 2. The second-order valence-corrected chi connectivity index (χ2v) is 11.7. The van der Waals surface area contributed by atoms with Gasteiger partial charge in [-0.25, -0.2) is 0 Å². The predicted molar refractivity (Wildman–Crippen MR) is 155 cm³/mol. The highest BCUT2D eigenvalue weighted by atomic mass is 32.2. The van der Waals surface area contributed by atoms with E-state index in [0.717, 1.165) is 18.7 Å². The first-order valence-electron chi connectivity index (χ1n) is 14.5. The van der Waals surface area contributed by atoms with Crippen LogP contribution in [0.3, 0.4) is 0 Å². The summed E-state index contributed by atoms with van der Waals surface area (Å²) >= 11 is 1.83. The lowest BCUT2D eigenvalue weighted by Crippen LogP contribution is -2.42. The summed E-state index contributed by atoms with van der Waals surface area (Å²) in [7, 11) is 4.11. The summed E-state index contributed by atoms with van der Waals surface area (Å²) in [6.45, 7) is 3.10. The van der Waals surface area contributed by atoms with Crippen molar-refractivity contribution in [2.75, 3.05) is 31.3 Å². The van der Waals surface area contributed by atoms with Crippen LogP contribution in [0.2, 0.25) is 0 Å². The normalized spacial score (nSPS) is 17.6. The smallest absolute Gasteiger partial charge is 0.238 e. The van der Waals surface area contributed by atoms with Crippen LogP contribution in [0.25, 0.3) is 0 Å². The fraction of sp³-hybridized carbons (Fsp3) is 0.767. The Balaban J connectivity index is 1.38. The molecule has 1 aliphatic rings. The molecular weight excluding hydrogens is 450 g/mol. The quantitative estimate of drug-likeness (QED) is 0.178. The SMILES string of the molecule is CCCCCCCCCCCCCCCCCCNC(=O)[C@@H]1CSC(c2ccc(N(C)C)cc2)N1. The Morgan fingerprint density at radius 1 is 0.829 bits per heavy atom. The summed E-state index contributed by atoms with van der Waals surface area (Å²) in [6, 6.07) is 8.53. The van der Waals surface area contributed by atoms with Gasteiger partial charge in [-0.1, -0.05) is 115 Å². The standard InChI is InChI=1S/C30H53N3OS/c1-4-5-6-7-8-9-10-11-12-13-14-15-16-17-18-19-24-31-29(34)28-25-35-30(32-28)26-20-22-27(23-21-26)33(2)3/h20-23,28,30,32H,4-19,24-25H2,1-3H3,(H,31,34)/t28-,30?/m0/s1. The van der Waals surface area contributed by atoms with Crippen molar-refractivity contribution in [2.24, 2.45) is 0 Å². The molecule has 2 atom stereocenters. The topological polar surface area (TPSA) is 44.4 Å². The van der Waals surface area contributed by atoms with Crippen LogP contribution in [-0.4, -0.2) is 38.3 Å². The van der Waals surface area contributed by atoms with E-state index in [4.69, 9.17) is 0 Å². The fourth-order valence-electron chi connectivity index (χ4n) is 4.77. The Bertz CT molecular complexity index is 664. The Morgan fingerprint density at radius 2 is 1.31 bits per heavy atom. The van der Waals surface area contributed by atoms with Crippen LogP contribution in [0.1, 0.15) is 121 Å². The molecule has 4 nitrogen and oxygen atoms in total. The average molecular weight is 504 g/mol. The number of benzene rings is 1. The van der Waals surface area contributed by atoms with Crippen molar-refractivity contribution in [3.8, 4) is 0 Å². The van der Waals surface area contributed by atoms with Gasteiger partial charge >= 0.3 is 0 Å². The van der Waals surface area contributed by atoms with Gasteiger partial charge < -0.3 is 10.2 Å². The number of thioether (sulfide) groups is 1. The van der Waals surface area contributed by atoms with E-state index in [-0.39, 0.29) is 17.3 Å².